The summed E-state index contributed by atoms with van der Waals surface area (Å²) in [4.78, 5) is 23.4. The number of pyridine rings is 1. The summed E-state index contributed by atoms with van der Waals surface area (Å²) in [7, 11) is 0. The summed E-state index contributed by atoms with van der Waals surface area (Å²) >= 11 is 1.62. The highest BCUT2D eigenvalue weighted by molar-refractivity contribution is 7.17. The van der Waals surface area contributed by atoms with E-state index < -0.39 is 0 Å². The molecule has 5 rings (SSSR count). The molecule has 0 aliphatic rings. The SMILES string of the molecule is CC(C)Cc1csc2c1c1nc(-c3cccnc3)nn1c(=O)n2CCc1ccccc1. The summed E-state index contributed by atoms with van der Waals surface area (Å²) in [5, 5.41) is 7.79. The largest absolute Gasteiger partial charge is 0.351 e. The maximum absolute atomic E-state index is 13.5. The van der Waals surface area contributed by atoms with Crippen molar-refractivity contribution in [2.45, 2.75) is 33.2 Å². The van der Waals surface area contributed by atoms with Crippen LogP contribution in [0.25, 0.3) is 27.3 Å². The number of nitrogens with zero attached hydrogens (tertiary/aromatic N) is 5. The summed E-state index contributed by atoms with van der Waals surface area (Å²) in [6.45, 7) is 5.01. The molecule has 0 N–H and O–H groups in total. The monoisotopic (exact) mass is 429 g/mol. The lowest BCUT2D eigenvalue weighted by Gasteiger charge is -2.10. The summed E-state index contributed by atoms with van der Waals surface area (Å²) in [5.41, 5.74) is 3.70. The van der Waals surface area contributed by atoms with E-state index in [9.17, 15) is 4.79 Å². The first kappa shape index (κ1) is 19.6. The maximum atomic E-state index is 13.5. The Morgan fingerprint density at radius 2 is 1.94 bits per heavy atom. The van der Waals surface area contributed by atoms with Crippen LogP contribution in [0, 0.1) is 5.92 Å². The van der Waals surface area contributed by atoms with Crippen molar-refractivity contribution in [3.63, 3.8) is 0 Å². The average molecular weight is 430 g/mol. The van der Waals surface area contributed by atoms with E-state index >= 15 is 0 Å². The van der Waals surface area contributed by atoms with Gasteiger partial charge in [0.25, 0.3) is 0 Å². The zero-order valence-electron chi connectivity index (χ0n) is 17.5. The van der Waals surface area contributed by atoms with Gasteiger partial charge in [-0.3, -0.25) is 9.55 Å². The van der Waals surface area contributed by atoms with Gasteiger partial charge in [0.2, 0.25) is 0 Å². The van der Waals surface area contributed by atoms with Crippen molar-refractivity contribution < 1.29 is 0 Å². The standard InChI is InChI=1S/C24H23N5OS/c1-16(2)13-19-15-31-23-20(19)22-26-21(18-9-6-11-25-14-18)27-29(22)24(30)28(23)12-10-17-7-4-3-5-8-17/h3-9,11,14-16H,10,12-13H2,1-2H3. The maximum Gasteiger partial charge on any atom is 0.351 e. The molecule has 0 aliphatic heterocycles. The van der Waals surface area contributed by atoms with Gasteiger partial charge in [-0.05, 0) is 47.4 Å². The van der Waals surface area contributed by atoms with Gasteiger partial charge in [-0.15, -0.1) is 16.4 Å². The zero-order valence-corrected chi connectivity index (χ0v) is 18.3. The number of hydrogen-bond acceptors (Lipinski definition) is 5. The van der Waals surface area contributed by atoms with Crippen molar-refractivity contribution in [2.75, 3.05) is 0 Å². The first-order chi connectivity index (χ1) is 15.1. The second-order valence-corrected chi connectivity index (χ2v) is 8.98. The van der Waals surface area contributed by atoms with E-state index in [0.717, 1.165) is 28.6 Å². The van der Waals surface area contributed by atoms with E-state index in [4.69, 9.17) is 4.98 Å². The second-order valence-electron chi connectivity index (χ2n) is 8.12. The van der Waals surface area contributed by atoms with Crippen molar-refractivity contribution in [1.82, 2.24) is 24.1 Å². The number of aromatic nitrogens is 5. The number of thiophene rings is 1. The first-order valence-corrected chi connectivity index (χ1v) is 11.3. The Kier molecular flexibility index (Phi) is 5.11. The molecule has 156 valence electrons. The van der Waals surface area contributed by atoms with Crippen LogP contribution in [0.4, 0.5) is 0 Å². The zero-order chi connectivity index (χ0) is 21.4. The van der Waals surface area contributed by atoms with Gasteiger partial charge in [0.05, 0.1) is 5.39 Å². The molecule has 0 unspecified atom stereocenters. The highest BCUT2D eigenvalue weighted by Crippen LogP contribution is 2.31. The molecule has 4 heterocycles. The Hall–Kier alpha value is -3.32. The molecule has 0 amide bonds. The lowest BCUT2D eigenvalue weighted by Crippen LogP contribution is -2.28. The van der Waals surface area contributed by atoms with Gasteiger partial charge in [0, 0.05) is 24.5 Å². The minimum atomic E-state index is -0.154. The van der Waals surface area contributed by atoms with E-state index in [1.807, 2.05) is 34.9 Å². The molecular formula is C24H23N5OS. The minimum absolute atomic E-state index is 0.154. The Labute approximate surface area is 183 Å². The molecule has 0 bridgehead atoms. The molecule has 4 aromatic heterocycles. The molecule has 0 fully saturated rings. The van der Waals surface area contributed by atoms with E-state index in [1.54, 1.807) is 23.7 Å². The second kappa shape index (κ2) is 8.07. The predicted octanol–water partition coefficient (Wildman–Crippen LogP) is 4.61. The number of benzene rings is 1. The molecule has 0 saturated carbocycles. The van der Waals surface area contributed by atoms with Crippen molar-refractivity contribution in [1.29, 1.82) is 0 Å². The van der Waals surface area contributed by atoms with Crippen LogP contribution < -0.4 is 5.69 Å². The first-order valence-electron chi connectivity index (χ1n) is 10.5. The highest BCUT2D eigenvalue weighted by Gasteiger charge is 2.20. The van der Waals surface area contributed by atoms with Gasteiger partial charge in [-0.25, -0.2) is 9.78 Å². The van der Waals surface area contributed by atoms with Gasteiger partial charge in [0.15, 0.2) is 11.5 Å². The van der Waals surface area contributed by atoms with Crippen molar-refractivity contribution >= 4 is 27.2 Å². The number of fused-ring (bicyclic) bond motifs is 3. The normalized spacial score (nSPS) is 11.7. The van der Waals surface area contributed by atoms with Crippen molar-refractivity contribution in [3.05, 3.63) is 81.8 Å². The van der Waals surface area contributed by atoms with Crippen LogP contribution >= 0.6 is 11.3 Å². The summed E-state index contributed by atoms with van der Waals surface area (Å²) < 4.78 is 3.32. The molecule has 0 saturated heterocycles. The topological polar surface area (TPSA) is 65.1 Å². The fourth-order valence-corrected chi connectivity index (χ4v) is 5.02. The minimum Gasteiger partial charge on any atom is -0.283 e. The molecule has 0 atom stereocenters. The van der Waals surface area contributed by atoms with E-state index in [1.165, 1.54) is 15.6 Å². The average Bonchev–Trinajstić information content (AvgIpc) is 3.39. The van der Waals surface area contributed by atoms with Gasteiger partial charge in [0.1, 0.15) is 4.83 Å². The van der Waals surface area contributed by atoms with Crippen LogP contribution in [0.15, 0.2) is 65.0 Å². The molecule has 31 heavy (non-hydrogen) atoms. The van der Waals surface area contributed by atoms with Crippen LogP contribution in [-0.2, 0) is 19.4 Å². The third-order valence-corrected chi connectivity index (χ3v) is 6.40. The summed E-state index contributed by atoms with van der Waals surface area (Å²) in [5.74, 6) is 1.03. The third kappa shape index (κ3) is 3.65. The van der Waals surface area contributed by atoms with Gasteiger partial charge in [-0.2, -0.15) is 4.52 Å². The van der Waals surface area contributed by atoms with Crippen LogP contribution in [-0.4, -0.2) is 24.1 Å². The quantitative estimate of drug-likeness (QED) is 0.395. The molecule has 6 nitrogen and oxygen atoms in total. The molecule has 1 aromatic carbocycles. The molecule has 7 heteroatoms. The van der Waals surface area contributed by atoms with E-state index in [0.29, 0.717) is 23.9 Å². The fourth-order valence-electron chi connectivity index (χ4n) is 3.92. The smallest absolute Gasteiger partial charge is 0.283 e. The lowest BCUT2D eigenvalue weighted by molar-refractivity contribution is 0.646. The highest BCUT2D eigenvalue weighted by atomic mass is 32.1. The van der Waals surface area contributed by atoms with E-state index in [-0.39, 0.29) is 5.69 Å². The molecule has 0 spiro atoms. The van der Waals surface area contributed by atoms with Crippen LogP contribution in [0.1, 0.15) is 25.0 Å². The van der Waals surface area contributed by atoms with Crippen LogP contribution in [0.2, 0.25) is 0 Å². The lowest BCUT2D eigenvalue weighted by atomic mass is 10.0. The summed E-state index contributed by atoms with van der Waals surface area (Å²) in [6, 6.07) is 14.0. The van der Waals surface area contributed by atoms with Crippen LogP contribution in [0.5, 0.6) is 0 Å². The molecular weight excluding hydrogens is 406 g/mol. The number of rotatable bonds is 6. The summed E-state index contributed by atoms with van der Waals surface area (Å²) in [6.07, 6.45) is 5.15. The van der Waals surface area contributed by atoms with Crippen molar-refractivity contribution in [3.8, 4) is 11.4 Å². The van der Waals surface area contributed by atoms with Gasteiger partial charge < -0.3 is 0 Å². The predicted molar refractivity (Wildman–Crippen MR) is 125 cm³/mol. The Bertz CT molecular complexity index is 1400. The fraction of sp³-hybridized carbons (Fsp3) is 0.250. The number of hydrogen-bond donors (Lipinski definition) is 0. The number of aryl methyl sites for hydroxylation is 2. The van der Waals surface area contributed by atoms with E-state index in [2.05, 4.69) is 41.4 Å². The Morgan fingerprint density at radius 1 is 1.10 bits per heavy atom. The van der Waals surface area contributed by atoms with Crippen LogP contribution in [0.3, 0.4) is 0 Å². The molecule has 0 aliphatic carbocycles. The Balaban J connectivity index is 1.71. The molecule has 5 aromatic rings. The van der Waals surface area contributed by atoms with Gasteiger partial charge in [-0.1, -0.05) is 44.2 Å². The molecule has 0 radical (unpaired) electrons. The van der Waals surface area contributed by atoms with Crippen molar-refractivity contribution in [2.24, 2.45) is 5.92 Å². The van der Waals surface area contributed by atoms with Gasteiger partial charge >= 0.3 is 5.69 Å². The third-order valence-electron chi connectivity index (χ3n) is 5.35. The Morgan fingerprint density at radius 3 is 2.68 bits per heavy atom.